The van der Waals surface area contributed by atoms with E-state index in [2.05, 4.69) is 41.4 Å². The Morgan fingerprint density at radius 3 is 2.60 bits per heavy atom. The van der Waals surface area contributed by atoms with Crippen LogP contribution in [0.3, 0.4) is 0 Å². The number of fused-ring (bicyclic) bond motifs is 1. The van der Waals surface area contributed by atoms with E-state index in [4.69, 9.17) is 5.41 Å². The molecule has 152 valence electrons. The zero-order valence-electron chi connectivity index (χ0n) is 16.9. The van der Waals surface area contributed by atoms with Crippen LogP contribution < -0.4 is 0 Å². The number of aromatic nitrogens is 2. The van der Waals surface area contributed by atoms with E-state index < -0.39 is 11.6 Å². The Morgan fingerprint density at radius 1 is 1.10 bits per heavy atom. The monoisotopic (exact) mass is 404 g/mol. The van der Waals surface area contributed by atoms with Crippen molar-refractivity contribution >= 4 is 27.9 Å². The van der Waals surface area contributed by atoms with Crippen LogP contribution in [0, 0.1) is 17.0 Å². The van der Waals surface area contributed by atoms with Crippen LogP contribution in [0.1, 0.15) is 30.7 Å². The van der Waals surface area contributed by atoms with Crippen molar-refractivity contribution in [1.29, 1.82) is 5.41 Å². The van der Waals surface area contributed by atoms with E-state index >= 15 is 0 Å². The number of nitrogens with zero attached hydrogens (tertiary/aromatic N) is 3. The highest BCUT2D eigenvalue weighted by molar-refractivity contribution is 6.29. The standard InChI is InChI=1S/C24H22F2N4/c1-14(2)30-9-8-17(13-30)18-11-23-22(28-12-18)7-6-21(29-23)15(3)24(27)16-4-5-19(25)20(26)10-16/h4-8,10-12,14,27H,3,9,13H2,1-2H3. The lowest BCUT2D eigenvalue weighted by Gasteiger charge is -2.20. The van der Waals surface area contributed by atoms with Gasteiger partial charge in [0.15, 0.2) is 11.6 Å². The number of rotatable bonds is 5. The third-order valence-electron chi connectivity index (χ3n) is 5.40. The molecular weight excluding hydrogens is 382 g/mol. The van der Waals surface area contributed by atoms with E-state index in [1.165, 1.54) is 11.6 Å². The van der Waals surface area contributed by atoms with Gasteiger partial charge >= 0.3 is 0 Å². The second kappa shape index (κ2) is 7.88. The Balaban J connectivity index is 1.63. The Bertz CT molecular complexity index is 1200. The van der Waals surface area contributed by atoms with E-state index in [1.807, 2.05) is 18.3 Å². The quantitative estimate of drug-likeness (QED) is 0.602. The normalized spacial score (nSPS) is 14.4. The predicted molar refractivity (Wildman–Crippen MR) is 116 cm³/mol. The number of pyridine rings is 2. The van der Waals surface area contributed by atoms with Gasteiger partial charge in [-0.2, -0.15) is 0 Å². The largest absolute Gasteiger partial charge is 0.300 e. The van der Waals surface area contributed by atoms with Crippen LogP contribution >= 0.6 is 0 Å². The maximum Gasteiger partial charge on any atom is 0.159 e. The fourth-order valence-electron chi connectivity index (χ4n) is 3.48. The van der Waals surface area contributed by atoms with E-state index in [9.17, 15) is 8.78 Å². The van der Waals surface area contributed by atoms with Crippen LogP contribution in [0.4, 0.5) is 8.78 Å². The highest BCUT2D eigenvalue weighted by Gasteiger charge is 2.19. The summed E-state index contributed by atoms with van der Waals surface area (Å²) >= 11 is 0. The molecule has 6 heteroatoms. The first-order chi connectivity index (χ1) is 14.3. The van der Waals surface area contributed by atoms with E-state index in [-0.39, 0.29) is 11.3 Å². The average Bonchev–Trinajstić information content (AvgIpc) is 3.24. The molecule has 4 nitrogen and oxygen atoms in total. The molecule has 1 aliphatic heterocycles. The maximum absolute atomic E-state index is 13.5. The molecule has 1 aromatic carbocycles. The van der Waals surface area contributed by atoms with E-state index in [1.54, 1.807) is 6.07 Å². The smallest absolute Gasteiger partial charge is 0.159 e. The first-order valence-electron chi connectivity index (χ1n) is 9.77. The van der Waals surface area contributed by atoms with Gasteiger partial charge in [0, 0.05) is 36.5 Å². The van der Waals surface area contributed by atoms with Crippen molar-refractivity contribution < 1.29 is 8.78 Å². The molecule has 30 heavy (non-hydrogen) atoms. The molecule has 4 rings (SSSR count). The Labute approximate surface area is 174 Å². The topological polar surface area (TPSA) is 52.9 Å². The minimum Gasteiger partial charge on any atom is -0.300 e. The molecule has 0 radical (unpaired) electrons. The van der Waals surface area contributed by atoms with Gasteiger partial charge in [-0.15, -0.1) is 0 Å². The van der Waals surface area contributed by atoms with Crippen LogP contribution in [0.2, 0.25) is 0 Å². The summed E-state index contributed by atoms with van der Waals surface area (Å²) in [6, 6.07) is 9.40. The lowest BCUT2D eigenvalue weighted by Crippen LogP contribution is -2.28. The third-order valence-corrected chi connectivity index (χ3v) is 5.40. The van der Waals surface area contributed by atoms with Crippen molar-refractivity contribution in [2.24, 2.45) is 0 Å². The summed E-state index contributed by atoms with van der Waals surface area (Å²) in [6.45, 7) is 10.1. The van der Waals surface area contributed by atoms with Crippen molar-refractivity contribution in [2.75, 3.05) is 13.1 Å². The number of hydrogen-bond acceptors (Lipinski definition) is 4. The number of benzene rings is 1. The van der Waals surface area contributed by atoms with Crippen LogP contribution in [-0.2, 0) is 0 Å². The van der Waals surface area contributed by atoms with E-state index in [0.717, 1.165) is 36.3 Å². The molecule has 0 fully saturated rings. The SMILES string of the molecule is C=C(C(=N)c1ccc(F)c(F)c1)c1ccc2ncc(C3=CCN(C(C)C)C3)cc2n1. The molecule has 0 saturated heterocycles. The molecule has 0 bridgehead atoms. The van der Waals surface area contributed by atoms with Crippen molar-refractivity contribution in [3.63, 3.8) is 0 Å². The van der Waals surface area contributed by atoms with Gasteiger partial charge in [-0.05, 0) is 61.4 Å². The van der Waals surface area contributed by atoms with Gasteiger partial charge in [0.2, 0.25) is 0 Å². The summed E-state index contributed by atoms with van der Waals surface area (Å²) in [5, 5.41) is 8.33. The second-order valence-corrected chi connectivity index (χ2v) is 7.69. The molecule has 0 spiro atoms. The molecule has 0 unspecified atom stereocenters. The van der Waals surface area contributed by atoms with Crippen LogP contribution in [0.15, 0.2) is 55.3 Å². The van der Waals surface area contributed by atoms with Crippen molar-refractivity contribution in [1.82, 2.24) is 14.9 Å². The molecule has 1 aliphatic rings. The van der Waals surface area contributed by atoms with Crippen LogP contribution in [0.25, 0.3) is 22.2 Å². The fourth-order valence-corrected chi connectivity index (χ4v) is 3.48. The zero-order chi connectivity index (χ0) is 21.4. The minimum atomic E-state index is -0.995. The molecular formula is C24H22F2N4. The Hall–Kier alpha value is -3.25. The molecule has 3 heterocycles. The van der Waals surface area contributed by atoms with Gasteiger partial charge in [0.25, 0.3) is 0 Å². The summed E-state index contributed by atoms with van der Waals surface area (Å²) in [5.41, 5.74) is 4.77. The molecule has 0 aliphatic carbocycles. The summed E-state index contributed by atoms with van der Waals surface area (Å²) in [6.07, 6.45) is 4.07. The minimum absolute atomic E-state index is 0.00376. The first-order valence-corrected chi connectivity index (χ1v) is 9.77. The summed E-state index contributed by atoms with van der Waals surface area (Å²) in [5.74, 6) is -1.94. The highest BCUT2D eigenvalue weighted by Crippen LogP contribution is 2.25. The van der Waals surface area contributed by atoms with Crippen molar-refractivity contribution in [2.45, 2.75) is 19.9 Å². The average molecular weight is 404 g/mol. The van der Waals surface area contributed by atoms with Crippen molar-refractivity contribution in [3.05, 3.63) is 83.7 Å². The first kappa shape index (κ1) is 20.0. The summed E-state index contributed by atoms with van der Waals surface area (Å²) in [7, 11) is 0. The van der Waals surface area contributed by atoms with Gasteiger partial charge in [-0.25, -0.2) is 13.8 Å². The van der Waals surface area contributed by atoms with Gasteiger partial charge < -0.3 is 0 Å². The van der Waals surface area contributed by atoms with Gasteiger partial charge in [-0.1, -0.05) is 12.7 Å². The third kappa shape index (κ3) is 3.78. The van der Waals surface area contributed by atoms with E-state index in [0.29, 0.717) is 22.8 Å². The van der Waals surface area contributed by atoms with Crippen LogP contribution in [-0.4, -0.2) is 39.7 Å². The van der Waals surface area contributed by atoms with Crippen molar-refractivity contribution in [3.8, 4) is 0 Å². The number of nitrogens with one attached hydrogen (secondary N) is 1. The van der Waals surface area contributed by atoms with Crippen LogP contribution in [0.5, 0.6) is 0 Å². The predicted octanol–water partition coefficient (Wildman–Crippen LogP) is 5.10. The summed E-state index contributed by atoms with van der Waals surface area (Å²) in [4.78, 5) is 11.5. The molecule has 1 N–H and O–H groups in total. The maximum atomic E-state index is 13.5. The lowest BCUT2D eigenvalue weighted by molar-refractivity contribution is 0.290. The molecule has 2 aromatic heterocycles. The zero-order valence-corrected chi connectivity index (χ0v) is 16.9. The molecule has 0 amide bonds. The molecule has 0 saturated carbocycles. The van der Waals surface area contributed by atoms with Gasteiger partial charge in [0.05, 0.1) is 22.4 Å². The highest BCUT2D eigenvalue weighted by atomic mass is 19.2. The lowest BCUT2D eigenvalue weighted by atomic mass is 10.0. The fraction of sp³-hybridized carbons (Fsp3) is 0.208. The van der Waals surface area contributed by atoms with Gasteiger partial charge in [0.1, 0.15) is 0 Å². The van der Waals surface area contributed by atoms with Gasteiger partial charge in [-0.3, -0.25) is 15.3 Å². The second-order valence-electron chi connectivity index (χ2n) is 7.69. The Morgan fingerprint density at radius 2 is 1.90 bits per heavy atom. The summed E-state index contributed by atoms with van der Waals surface area (Å²) < 4.78 is 26.7. The molecule has 0 atom stereocenters. The number of allylic oxidation sites excluding steroid dienone is 1. The number of hydrogen-bond donors (Lipinski definition) is 1. The molecule has 3 aromatic rings. The number of halogens is 2. The Kier molecular flexibility index (Phi) is 5.26.